The third kappa shape index (κ3) is 3.00. The molecule has 2 aromatic carbocycles. The zero-order chi connectivity index (χ0) is 14.9. The highest BCUT2D eigenvalue weighted by molar-refractivity contribution is 7.92. The molecule has 106 valence electrons. The van der Waals surface area contributed by atoms with Crippen LogP contribution >= 0.6 is 23.2 Å². The van der Waals surface area contributed by atoms with Crippen LogP contribution in [-0.4, -0.2) is 8.42 Å². The van der Waals surface area contributed by atoms with Crippen LogP contribution in [0.1, 0.15) is 5.56 Å². The Bertz CT molecular complexity index is 738. The molecular weight excluding hydrogens is 319 g/mol. The minimum Gasteiger partial charge on any atom is -0.397 e. The highest BCUT2D eigenvalue weighted by Crippen LogP contribution is 2.29. The van der Waals surface area contributed by atoms with E-state index in [2.05, 4.69) is 4.72 Å². The second-order valence-corrected chi connectivity index (χ2v) is 6.70. The lowest BCUT2D eigenvalue weighted by Crippen LogP contribution is -2.14. The number of hydrogen-bond acceptors (Lipinski definition) is 3. The molecular formula is C13H12Cl2N2O2S. The first-order valence-electron chi connectivity index (χ1n) is 5.64. The smallest absolute Gasteiger partial charge is 0.262 e. The average Bonchev–Trinajstić information content (AvgIpc) is 2.38. The summed E-state index contributed by atoms with van der Waals surface area (Å²) in [7, 11) is -3.77. The molecule has 0 unspecified atom stereocenters. The Hall–Kier alpha value is -1.43. The van der Waals surface area contributed by atoms with Gasteiger partial charge in [0.1, 0.15) is 0 Å². The van der Waals surface area contributed by atoms with Gasteiger partial charge in [0.2, 0.25) is 0 Å². The first-order chi connectivity index (χ1) is 9.31. The van der Waals surface area contributed by atoms with Crippen LogP contribution in [0.15, 0.2) is 41.3 Å². The van der Waals surface area contributed by atoms with E-state index in [0.29, 0.717) is 21.3 Å². The highest BCUT2D eigenvalue weighted by Gasteiger charge is 2.18. The van der Waals surface area contributed by atoms with E-state index in [1.807, 2.05) is 0 Å². The summed E-state index contributed by atoms with van der Waals surface area (Å²) in [5.74, 6) is 0. The second kappa shape index (κ2) is 5.52. The first-order valence-corrected chi connectivity index (χ1v) is 7.88. The van der Waals surface area contributed by atoms with Crippen LogP contribution in [0.3, 0.4) is 0 Å². The summed E-state index contributed by atoms with van der Waals surface area (Å²) in [6.45, 7) is 1.69. The summed E-state index contributed by atoms with van der Waals surface area (Å²) in [5.41, 5.74) is 6.80. The van der Waals surface area contributed by atoms with Crippen molar-refractivity contribution < 1.29 is 8.42 Å². The van der Waals surface area contributed by atoms with Crippen molar-refractivity contribution in [3.8, 4) is 0 Å². The molecule has 2 rings (SSSR count). The Kier molecular flexibility index (Phi) is 4.13. The van der Waals surface area contributed by atoms with E-state index in [1.165, 1.54) is 12.1 Å². The van der Waals surface area contributed by atoms with Gasteiger partial charge in [0.25, 0.3) is 10.0 Å². The van der Waals surface area contributed by atoms with Crippen LogP contribution in [0, 0.1) is 6.92 Å². The molecule has 20 heavy (non-hydrogen) atoms. The molecule has 0 amide bonds. The van der Waals surface area contributed by atoms with Crippen molar-refractivity contribution in [1.82, 2.24) is 0 Å². The van der Waals surface area contributed by atoms with Gasteiger partial charge in [0.15, 0.2) is 0 Å². The van der Waals surface area contributed by atoms with Crippen molar-refractivity contribution in [1.29, 1.82) is 0 Å². The van der Waals surface area contributed by atoms with Crippen LogP contribution in [0.25, 0.3) is 0 Å². The number of benzene rings is 2. The van der Waals surface area contributed by atoms with E-state index in [-0.39, 0.29) is 10.6 Å². The molecule has 0 aliphatic rings. The van der Waals surface area contributed by atoms with Crippen LogP contribution in [0.4, 0.5) is 11.4 Å². The van der Waals surface area contributed by atoms with Gasteiger partial charge in [-0.05, 0) is 36.8 Å². The predicted octanol–water partition coefficient (Wildman–Crippen LogP) is 3.68. The quantitative estimate of drug-likeness (QED) is 0.843. The fourth-order valence-electron chi connectivity index (χ4n) is 1.67. The molecule has 0 bridgehead atoms. The fourth-order valence-corrected chi connectivity index (χ4v) is 3.21. The van der Waals surface area contributed by atoms with E-state index in [9.17, 15) is 8.42 Å². The van der Waals surface area contributed by atoms with E-state index >= 15 is 0 Å². The lowest BCUT2D eigenvalue weighted by Gasteiger charge is -2.11. The molecule has 0 radical (unpaired) electrons. The third-order valence-corrected chi connectivity index (χ3v) is 4.88. The SMILES string of the molecule is Cc1cc(S(=O)(=O)Nc2ccccc2Cl)cc(N)c1Cl. The zero-order valence-electron chi connectivity index (χ0n) is 10.5. The van der Waals surface area contributed by atoms with Crippen LogP contribution in [-0.2, 0) is 10.0 Å². The van der Waals surface area contributed by atoms with Crippen molar-refractivity contribution in [3.63, 3.8) is 0 Å². The van der Waals surface area contributed by atoms with E-state index < -0.39 is 10.0 Å². The molecule has 0 heterocycles. The Balaban J connectivity index is 2.44. The predicted molar refractivity (Wildman–Crippen MR) is 82.9 cm³/mol. The molecule has 0 saturated carbocycles. The number of sulfonamides is 1. The van der Waals surface area contributed by atoms with E-state index in [4.69, 9.17) is 28.9 Å². The van der Waals surface area contributed by atoms with Gasteiger partial charge in [-0.15, -0.1) is 0 Å². The molecule has 0 saturated heterocycles. The average molecular weight is 331 g/mol. The van der Waals surface area contributed by atoms with Gasteiger partial charge in [-0.25, -0.2) is 8.42 Å². The Morgan fingerprint density at radius 3 is 2.40 bits per heavy atom. The number of anilines is 2. The maximum atomic E-state index is 12.3. The first kappa shape index (κ1) is 15.0. The molecule has 7 heteroatoms. The van der Waals surface area contributed by atoms with Crippen molar-refractivity contribution in [2.75, 3.05) is 10.5 Å². The van der Waals surface area contributed by atoms with E-state index in [0.717, 1.165) is 0 Å². The van der Waals surface area contributed by atoms with Crippen LogP contribution in [0.2, 0.25) is 10.0 Å². The fraction of sp³-hybridized carbons (Fsp3) is 0.0769. The Labute approximate surface area is 127 Å². The Morgan fingerprint density at radius 2 is 1.80 bits per heavy atom. The molecule has 0 aliphatic carbocycles. The molecule has 0 spiro atoms. The van der Waals surface area contributed by atoms with Gasteiger partial charge in [-0.2, -0.15) is 0 Å². The molecule has 3 N–H and O–H groups in total. The highest BCUT2D eigenvalue weighted by atomic mass is 35.5. The maximum Gasteiger partial charge on any atom is 0.262 e. The van der Waals surface area contributed by atoms with Gasteiger partial charge in [-0.1, -0.05) is 35.3 Å². The lowest BCUT2D eigenvalue weighted by molar-refractivity contribution is 0.601. The van der Waals surface area contributed by atoms with Gasteiger partial charge in [-0.3, -0.25) is 4.72 Å². The topological polar surface area (TPSA) is 72.2 Å². The number of halogens is 2. The minimum absolute atomic E-state index is 0.0387. The van der Waals surface area contributed by atoms with E-state index in [1.54, 1.807) is 31.2 Å². The summed E-state index contributed by atoms with van der Waals surface area (Å²) in [5, 5.41) is 0.663. The normalized spacial score (nSPS) is 11.3. The summed E-state index contributed by atoms with van der Waals surface area (Å²) in [6.07, 6.45) is 0. The molecule has 4 nitrogen and oxygen atoms in total. The van der Waals surface area contributed by atoms with Crippen LogP contribution in [0.5, 0.6) is 0 Å². The van der Waals surface area contributed by atoms with Crippen molar-refractivity contribution >= 4 is 44.6 Å². The van der Waals surface area contributed by atoms with Crippen molar-refractivity contribution in [3.05, 3.63) is 52.0 Å². The second-order valence-electron chi connectivity index (χ2n) is 4.23. The number of para-hydroxylation sites is 1. The minimum atomic E-state index is -3.77. The van der Waals surface area contributed by atoms with Crippen LogP contribution < -0.4 is 10.5 Å². The number of aryl methyl sites for hydroxylation is 1. The lowest BCUT2D eigenvalue weighted by atomic mass is 10.2. The number of nitrogens with one attached hydrogen (secondary N) is 1. The number of nitrogens with two attached hydrogens (primary N) is 1. The number of hydrogen-bond donors (Lipinski definition) is 2. The monoisotopic (exact) mass is 330 g/mol. The van der Waals surface area contributed by atoms with Gasteiger partial charge >= 0.3 is 0 Å². The molecule has 0 aromatic heterocycles. The summed E-state index contributed by atoms with van der Waals surface area (Å²) >= 11 is 11.9. The molecule has 0 atom stereocenters. The zero-order valence-corrected chi connectivity index (χ0v) is 12.9. The number of rotatable bonds is 3. The summed E-state index contributed by atoms with van der Waals surface area (Å²) < 4.78 is 27.0. The summed E-state index contributed by atoms with van der Waals surface area (Å²) in [6, 6.07) is 9.34. The van der Waals surface area contributed by atoms with Crippen molar-refractivity contribution in [2.24, 2.45) is 0 Å². The Morgan fingerprint density at radius 1 is 1.15 bits per heavy atom. The van der Waals surface area contributed by atoms with Gasteiger partial charge in [0, 0.05) is 0 Å². The molecule has 0 aliphatic heterocycles. The van der Waals surface area contributed by atoms with Gasteiger partial charge < -0.3 is 5.73 Å². The van der Waals surface area contributed by atoms with Gasteiger partial charge in [0.05, 0.1) is 26.3 Å². The largest absolute Gasteiger partial charge is 0.397 e. The number of nitrogen functional groups attached to an aromatic ring is 1. The molecule has 0 fully saturated rings. The maximum absolute atomic E-state index is 12.3. The third-order valence-electron chi connectivity index (χ3n) is 2.68. The molecule has 2 aromatic rings. The van der Waals surface area contributed by atoms with Crippen molar-refractivity contribution in [2.45, 2.75) is 11.8 Å². The standard InChI is InChI=1S/C13H12Cl2N2O2S/c1-8-6-9(7-11(16)13(8)15)20(18,19)17-12-5-3-2-4-10(12)14/h2-7,17H,16H2,1H3. The summed E-state index contributed by atoms with van der Waals surface area (Å²) in [4.78, 5) is 0.0387.